The van der Waals surface area contributed by atoms with Gasteiger partial charge in [-0.25, -0.2) is 0 Å². The fourth-order valence-corrected chi connectivity index (χ4v) is 2.51. The Morgan fingerprint density at radius 3 is 1.14 bits per heavy atom. The second kappa shape index (κ2) is 10.5. The van der Waals surface area contributed by atoms with Gasteiger partial charge in [0.2, 0.25) is 0 Å². The summed E-state index contributed by atoms with van der Waals surface area (Å²) in [7, 11) is 0. The fourth-order valence-electron chi connectivity index (χ4n) is 2.51. The van der Waals surface area contributed by atoms with Crippen LogP contribution in [-0.4, -0.2) is 69.3 Å². The SMILES string of the molecule is CCC(=C(CC)c1ccc(O)cc1)c1ccc(O)cc1.[NaH].[NaH]. The van der Waals surface area contributed by atoms with Gasteiger partial charge >= 0.3 is 59.1 Å². The molecule has 2 aromatic rings. The predicted molar refractivity (Wildman–Crippen MR) is 97.9 cm³/mol. The molecular weight excluding hydrogens is 294 g/mol. The van der Waals surface area contributed by atoms with Gasteiger partial charge in [-0.15, -0.1) is 0 Å². The van der Waals surface area contributed by atoms with E-state index in [0.717, 1.165) is 24.0 Å². The van der Waals surface area contributed by atoms with Crippen molar-refractivity contribution in [2.75, 3.05) is 0 Å². The van der Waals surface area contributed by atoms with Crippen LogP contribution >= 0.6 is 0 Å². The summed E-state index contributed by atoms with van der Waals surface area (Å²) in [5.74, 6) is 0.568. The van der Waals surface area contributed by atoms with E-state index in [1.54, 1.807) is 24.3 Å². The molecule has 0 aromatic heterocycles. The van der Waals surface area contributed by atoms with Crippen LogP contribution in [0.5, 0.6) is 11.5 Å². The van der Waals surface area contributed by atoms with Crippen LogP contribution in [0.2, 0.25) is 0 Å². The van der Waals surface area contributed by atoms with Crippen LogP contribution < -0.4 is 0 Å². The van der Waals surface area contributed by atoms with Crippen LogP contribution in [0, 0.1) is 0 Å². The van der Waals surface area contributed by atoms with Crippen LogP contribution in [-0.2, 0) is 0 Å². The first kappa shape index (κ1) is 21.8. The van der Waals surface area contributed by atoms with Gasteiger partial charge in [0.05, 0.1) is 0 Å². The second-order valence-corrected chi connectivity index (χ2v) is 4.76. The standard InChI is InChI=1S/C18H20O2.2Na.2H/c1-3-17(13-5-9-15(19)10-6-13)18(4-2)14-7-11-16(20)12-8-14;;;;/h5-12,19-20H,3-4H2,1-2H3;;;;. The molecule has 2 aromatic carbocycles. The first-order chi connectivity index (χ1) is 9.65. The van der Waals surface area contributed by atoms with E-state index in [9.17, 15) is 10.2 Å². The molecule has 0 radical (unpaired) electrons. The number of hydrogen-bond donors (Lipinski definition) is 2. The van der Waals surface area contributed by atoms with E-state index in [2.05, 4.69) is 13.8 Å². The second-order valence-electron chi connectivity index (χ2n) is 4.76. The molecule has 108 valence electrons. The molecule has 2 nitrogen and oxygen atoms in total. The Balaban J connectivity index is 0.00000220. The summed E-state index contributed by atoms with van der Waals surface area (Å²) < 4.78 is 0. The molecule has 0 unspecified atom stereocenters. The number of phenols is 2. The van der Waals surface area contributed by atoms with E-state index >= 15 is 0 Å². The molecule has 2 N–H and O–H groups in total. The average molecular weight is 316 g/mol. The molecule has 0 heterocycles. The van der Waals surface area contributed by atoms with Gasteiger partial charge in [-0.2, -0.15) is 0 Å². The maximum absolute atomic E-state index is 9.41. The van der Waals surface area contributed by atoms with Gasteiger partial charge in [0.15, 0.2) is 0 Å². The molecular formula is C18H22Na2O2. The number of hydrogen-bond acceptors (Lipinski definition) is 2. The minimum absolute atomic E-state index is 0. The summed E-state index contributed by atoms with van der Waals surface area (Å²) in [6, 6.07) is 14.7. The molecule has 0 amide bonds. The quantitative estimate of drug-likeness (QED) is 0.669. The summed E-state index contributed by atoms with van der Waals surface area (Å²) >= 11 is 0. The van der Waals surface area contributed by atoms with Gasteiger partial charge < -0.3 is 10.2 Å². The van der Waals surface area contributed by atoms with Crippen LogP contribution in [0.3, 0.4) is 0 Å². The van der Waals surface area contributed by atoms with Gasteiger partial charge in [-0.3, -0.25) is 0 Å². The van der Waals surface area contributed by atoms with Crippen LogP contribution in [0.15, 0.2) is 48.5 Å². The monoisotopic (exact) mass is 316 g/mol. The van der Waals surface area contributed by atoms with Crippen molar-refractivity contribution in [2.45, 2.75) is 26.7 Å². The first-order valence-corrected chi connectivity index (χ1v) is 6.96. The fraction of sp³-hybridized carbons (Fsp3) is 0.222. The number of allylic oxidation sites excluding steroid dienone is 2. The molecule has 0 atom stereocenters. The van der Waals surface area contributed by atoms with Crippen molar-refractivity contribution in [3.05, 3.63) is 59.7 Å². The average Bonchev–Trinajstić information content (AvgIpc) is 2.47. The number of benzene rings is 2. The van der Waals surface area contributed by atoms with Crippen molar-refractivity contribution >= 4 is 70.3 Å². The molecule has 4 heteroatoms. The maximum atomic E-state index is 9.41. The van der Waals surface area contributed by atoms with Crippen molar-refractivity contribution in [2.24, 2.45) is 0 Å². The van der Waals surface area contributed by atoms with Crippen molar-refractivity contribution in [3.63, 3.8) is 0 Å². The zero-order valence-corrected chi connectivity index (χ0v) is 11.9. The number of rotatable bonds is 4. The van der Waals surface area contributed by atoms with E-state index < -0.39 is 0 Å². The van der Waals surface area contributed by atoms with Crippen molar-refractivity contribution in [1.82, 2.24) is 0 Å². The van der Waals surface area contributed by atoms with Crippen LogP contribution in [0.1, 0.15) is 37.8 Å². The Labute approximate surface area is 176 Å². The van der Waals surface area contributed by atoms with Crippen molar-refractivity contribution < 1.29 is 10.2 Å². The Morgan fingerprint density at radius 1 is 0.636 bits per heavy atom. The zero-order chi connectivity index (χ0) is 14.5. The summed E-state index contributed by atoms with van der Waals surface area (Å²) in [5, 5.41) is 18.8. The molecule has 22 heavy (non-hydrogen) atoms. The molecule has 0 saturated heterocycles. The summed E-state index contributed by atoms with van der Waals surface area (Å²) in [4.78, 5) is 0. The normalized spacial score (nSPS) is 11.0. The molecule has 0 bridgehead atoms. The minimum atomic E-state index is 0. The van der Waals surface area contributed by atoms with Crippen molar-refractivity contribution in [1.29, 1.82) is 0 Å². The van der Waals surface area contributed by atoms with E-state index in [1.165, 1.54) is 11.1 Å². The van der Waals surface area contributed by atoms with Gasteiger partial charge in [-0.05, 0) is 59.4 Å². The first-order valence-electron chi connectivity index (χ1n) is 6.96. The third-order valence-electron chi connectivity index (χ3n) is 3.50. The Kier molecular flexibility index (Phi) is 10.4. The van der Waals surface area contributed by atoms with Gasteiger partial charge in [-0.1, -0.05) is 38.1 Å². The van der Waals surface area contributed by atoms with E-state index in [-0.39, 0.29) is 70.6 Å². The Bertz CT molecular complexity index is 546. The zero-order valence-electron chi connectivity index (χ0n) is 11.9. The summed E-state index contributed by atoms with van der Waals surface area (Å²) in [6.07, 6.45) is 1.85. The van der Waals surface area contributed by atoms with E-state index in [1.807, 2.05) is 24.3 Å². The van der Waals surface area contributed by atoms with Gasteiger partial charge in [0.1, 0.15) is 11.5 Å². The third kappa shape index (κ3) is 5.45. The summed E-state index contributed by atoms with van der Waals surface area (Å²) in [6.45, 7) is 4.27. The Hall–Kier alpha value is -0.220. The Morgan fingerprint density at radius 2 is 0.909 bits per heavy atom. The topological polar surface area (TPSA) is 40.5 Å². The van der Waals surface area contributed by atoms with Gasteiger partial charge in [0.25, 0.3) is 0 Å². The third-order valence-corrected chi connectivity index (χ3v) is 3.50. The van der Waals surface area contributed by atoms with Crippen LogP contribution in [0.4, 0.5) is 0 Å². The molecule has 0 aliphatic heterocycles. The molecule has 0 saturated carbocycles. The molecule has 2 rings (SSSR count). The molecule has 0 aliphatic carbocycles. The number of phenolic OH excluding ortho intramolecular Hbond substituents is 2. The van der Waals surface area contributed by atoms with E-state index in [0.29, 0.717) is 0 Å². The molecule has 0 spiro atoms. The molecule has 0 aliphatic rings. The van der Waals surface area contributed by atoms with Crippen LogP contribution in [0.25, 0.3) is 11.1 Å². The predicted octanol–water partition coefficient (Wildman–Crippen LogP) is 3.53. The number of aromatic hydroxyl groups is 2. The summed E-state index contributed by atoms with van der Waals surface area (Å²) in [5.41, 5.74) is 4.82. The van der Waals surface area contributed by atoms with Crippen molar-refractivity contribution in [3.8, 4) is 11.5 Å². The van der Waals surface area contributed by atoms with E-state index in [4.69, 9.17) is 0 Å². The molecule has 0 fully saturated rings. The van der Waals surface area contributed by atoms with Gasteiger partial charge in [0, 0.05) is 0 Å².